The summed E-state index contributed by atoms with van der Waals surface area (Å²) in [5, 5.41) is 0.613. The van der Waals surface area contributed by atoms with Gasteiger partial charge in [0.1, 0.15) is 0 Å². The molecule has 3 aromatic carbocycles. The fraction of sp³-hybridized carbons (Fsp3) is 0.571. The Morgan fingerprint density at radius 3 is 0.978 bits per heavy atom. The molecule has 248 valence electrons. The van der Waals surface area contributed by atoms with E-state index in [0.29, 0.717) is 5.30 Å². The average molecular weight is 631 g/mol. The number of hydrogen-bond acceptors (Lipinski definition) is 2. The molecule has 0 aliphatic carbocycles. The van der Waals surface area contributed by atoms with Gasteiger partial charge in [0, 0.05) is 10.9 Å². The van der Waals surface area contributed by atoms with Gasteiger partial charge in [0.15, 0.2) is 8.38 Å². The van der Waals surface area contributed by atoms with Crippen molar-refractivity contribution in [2.75, 3.05) is 0 Å². The minimum absolute atomic E-state index is 0.0185. The highest BCUT2D eigenvalue weighted by Crippen LogP contribution is 2.51. The van der Waals surface area contributed by atoms with Crippen LogP contribution in [-0.4, -0.2) is 9.79 Å². The molecule has 0 amide bonds. The summed E-state index contributed by atoms with van der Waals surface area (Å²) in [5.41, 5.74) is 11.4. The Hall–Kier alpha value is -1.99. The van der Waals surface area contributed by atoms with Gasteiger partial charge in [0.05, 0.1) is 0 Å². The number of rotatable bonds is 3. The van der Waals surface area contributed by atoms with Crippen LogP contribution in [0.5, 0.6) is 0 Å². The van der Waals surface area contributed by atoms with Gasteiger partial charge in [-0.05, 0) is 88.6 Å². The summed E-state index contributed by atoms with van der Waals surface area (Å²) < 4.78 is 0. The van der Waals surface area contributed by atoms with E-state index in [9.17, 15) is 9.79 Å². The van der Waals surface area contributed by atoms with E-state index in [1.54, 1.807) is 0 Å². The molecular weight excluding hydrogens is 567 g/mol. The number of hydrogen-bond donors (Lipinski definition) is 2. The molecule has 3 rings (SSSR count). The van der Waals surface area contributed by atoms with E-state index in [1.165, 1.54) is 38.9 Å². The van der Waals surface area contributed by atoms with Gasteiger partial charge in [-0.2, -0.15) is 0 Å². The first kappa shape index (κ1) is 37.5. The summed E-state index contributed by atoms with van der Waals surface area (Å²) in [4.78, 5) is 22.3. The molecule has 2 N–H and O–H groups in total. The van der Waals surface area contributed by atoms with E-state index in [2.05, 4.69) is 155 Å². The largest absolute Gasteiger partial charge is 0.347 e. The molecule has 0 aliphatic rings. The minimum atomic E-state index is -2.37. The molecule has 0 radical (unpaired) electrons. The lowest BCUT2D eigenvalue weighted by Crippen LogP contribution is -2.25. The molecule has 45 heavy (non-hydrogen) atoms. The van der Waals surface area contributed by atoms with E-state index in [1.807, 2.05) is 12.1 Å². The maximum absolute atomic E-state index is 11.1. The fourth-order valence-corrected chi connectivity index (χ4v) is 6.91. The molecule has 0 fully saturated rings. The monoisotopic (exact) mass is 630 g/mol. The lowest BCUT2D eigenvalue weighted by molar-refractivity contribution is 0.497. The molecule has 3 aromatic rings. The van der Waals surface area contributed by atoms with Gasteiger partial charge in [-0.1, -0.05) is 161 Å². The summed E-state index contributed by atoms with van der Waals surface area (Å²) >= 11 is 0. The van der Waals surface area contributed by atoms with Crippen molar-refractivity contribution in [1.82, 2.24) is 0 Å². The van der Waals surface area contributed by atoms with Crippen molar-refractivity contribution < 1.29 is 9.79 Å². The van der Waals surface area contributed by atoms with Crippen molar-refractivity contribution in [2.45, 2.75) is 157 Å². The third-order valence-corrected chi connectivity index (χ3v) is 9.82. The third kappa shape index (κ3) is 7.94. The van der Waals surface area contributed by atoms with Gasteiger partial charge in [-0.15, -0.1) is 0 Å². The average Bonchev–Trinajstić information content (AvgIpc) is 2.83. The molecule has 2 nitrogen and oxygen atoms in total. The molecule has 0 saturated carbocycles. The van der Waals surface area contributed by atoms with Crippen molar-refractivity contribution in [3.63, 3.8) is 0 Å². The SMILES string of the molecule is CC(C)(C)c1cc(C(C)(C)C)c(-c2cccc(P(O)O)c2-c2c(C(C)(C)C)cc(C(C)(C)C)cc2C(C)(C)C)c(C(C)(C)C)c1. The topological polar surface area (TPSA) is 40.5 Å². The Morgan fingerprint density at radius 1 is 0.400 bits per heavy atom. The summed E-state index contributed by atoms with van der Waals surface area (Å²) in [6.07, 6.45) is 0. The van der Waals surface area contributed by atoms with Crippen LogP contribution < -0.4 is 5.30 Å². The highest BCUT2D eigenvalue weighted by molar-refractivity contribution is 7.54. The van der Waals surface area contributed by atoms with Crippen LogP contribution in [0.1, 0.15) is 158 Å². The quantitative estimate of drug-likeness (QED) is 0.283. The first-order chi connectivity index (χ1) is 20.0. The van der Waals surface area contributed by atoms with Gasteiger partial charge >= 0.3 is 0 Å². The van der Waals surface area contributed by atoms with E-state index in [-0.39, 0.29) is 32.5 Å². The molecule has 0 saturated heterocycles. The first-order valence-electron chi connectivity index (χ1n) is 16.7. The highest BCUT2D eigenvalue weighted by Gasteiger charge is 2.36. The lowest BCUT2D eigenvalue weighted by Gasteiger charge is -2.37. The van der Waals surface area contributed by atoms with E-state index < -0.39 is 8.38 Å². The Bertz CT molecular complexity index is 1480. The van der Waals surface area contributed by atoms with Gasteiger partial charge in [0.2, 0.25) is 0 Å². The number of benzene rings is 3. The normalized spacial score (nSPS) is 14.0. The standard InChI is InChI=1S/C42H63O2P/c1-37(2,3)26-22-29(39(7,8)9)34(30(23-26)40(10,11)12)28-20-19-21-33(45(43)44)35(28)36-31(41(13,14)15)24-27(38(4,5)6)25-32(36)42(16,17)18/h19-25,43-44H,1-18H3. The maximum Gasteiger partial charge on any atom is 0.200 e. The van der Waals surface area contributed by atoms with Crippen molar-refractivity contribution in [1.29, 1.82) is 0 Å². The van der Waals surface area contributed by atoms with E-state index >= 15 is 0 Å². The van der Waals surface area contributed by atoms with Crippen molar-refractivity contribution in [3.05, 3.63) is 75.8 Å². The second kappa shape index (κ2) is 11.9. The zero-order valence-electron chi connectivity index (χ0n) is 31.9. The summed E-state index contributed by atoms with van der Waals surface area (Å²) in [5.74, 6) is 0. The smallest absolute Gasteiger partial charge is 0.200 e. The van der Waals surface area contributed by atoms with Gasteiger partial charge in [-0.3, -0.25) is 0 Å². The predicted molar refractivity (Wildman–Crippen MR) is 201 cm³/mol. The molecular formula is C42H63O2P. The van der Waals surface area contributed by atoms with Crippen LogP contribution in [-0.2, 0) is 32.5 Å². The summed E-state index contributed by atoms with van der Waals surface area (Å²) in [6.45, 7) is 41.2. The molecule has 3 heteroatoms. The molecule has 0 aliphatic heterocycles. The van der Waals surface area contributed by atoms with E-state index in [4.69, 9.17) is 0 Å². The van der Waals surface area contributed by atoms with Gasteiger partial charge in [0.25, 0.3) is 0 Å². The molecule has 0 bridgehead atoms. The van der Waals surface area contributed by atoms with Crippen LogP contribution >= 0.6 is 8.38 Å². The first-order valence-corrected chi connectivity index (χ1v) is 17.9. The molecule has 0 unspecified atom stereocenters. The third-order valence-electron chi connectivity index (χ3n) is 9.02. The Kier molecular flexibility index (Phi) is 9.92. The molecule has 0 aromatic heterocycles. The zero-order valence-corrected chi connectivity index (χ0v) is 32.8. The summed E-state index contributed by atoms with van der Waals surface area (Å²) in [7, 11) is -2.37. The second-order valence-electron chi connectivity index (χ2n) is 19.4. The van der Waals surface area contributed by atoms with Crippen LogP contribution in [0.4, 0.5) is 0 Å². The van der Waals surface area contributed by atoms with Crippen LogP contribution in [0.15, 0.2) is 42.5 Å². The molecule has 0 atom stereocenters. The minimum Gasteiger partial charge on any atom is -0.347 e. The van der Waals surface area contributed by atoms with Gasteiger partial charge in [-0.25, -0.2) is 0 Å². The van der Waals surface area contributed by atoms with Crippen LogP contribution in [0.3, 0.4) is 0 Å². The van der Waals surface area contributed by atoms with Crippen LogP contribution in [0, 0.1) is 0 Å². The summed E-state index contributed by atoms with van der Waals surface area (Å²) in [6, 6.07) is 15.8. The highest BCUT2D eigenvalue weighted by atomic mass is 31.2. The maximum atomic E-state index is 11.1. The second-order valence-corrected chi connectivity index (χ2v) is 20.4. The van der Waals surface area contributed by atoms with Crippen molar-refractivity contribution in [2.24, 2.45) is 0 Å². The Balaban J connectivity index is 2.82. The molecule has 0 heterocycles. The Labute approximate surface area is 278 Å². The zero-order chi connectivity index (χ0) is 34.9. The van der Waals surface area contributed by atoms with Crippen molar-refractivity contribution in [3.8, 4) is 22.3 Å². The van der Waals surface area contributed by atoms with Crippen LogP contribution in [0.25, 0.3) is 22.3 Å². The van der Waals surface area contributed by atoms with Crippen LogP contribution in [0.2, 0.25) is 0 Å². The van der Waals surface area contributed by atoms with Crippen molar-refractivity contribution >= 4 is 13.7 Å². The van der Waals surface area contributed by atoms with Gasteiger partial charge < -0.3 is 9.79 Å². The fourth-order valence-electron chi connectivity index (χ4n) is 6.25. The van der Waals surface area contributed by atoms with E-state index in [0.717, 1.165) is 16.7 Å². The predicted octanol–water partition coefficient (Wildman–Crippen LogP) is 11.7. The lowest BCUT2D eigenvalue weighted by atomic mass is 9.68. The Morgan fingerprint density at radius 2 is 0.711 bits per heavy atom. The molecule has 0 spiro atoms.